The molecule has 0 atom stereocenters. The van der Waals surface area contributed by atoms with Crippen LogP contribution in [0.25, 0.3) is 0 Å². The second-order valence-corrected chi connectivity index (χ2v) is 9.06. The van der Waals surface area contributed by atoms with Gasteiger partial charge in [-0.3, -0.25) is 9.69 Å². The molecule has 0 bridgehead atoms. The van der Waals surface area contributed by atoms with Crippen molar-refractivity contribution in [2.75, 3.05) is 18.5 Å². The van der Waals surface area contributed by atoms with Gasteiger partial charge in [0.25, 0.3) is 0 Å². The predicted molar refractivity (Wildman–Crippen MR) is 117 cm³/mol. The maximum absolute atomic E-state index is 12.8. The first-order valence-corrected chi connectivity index (χ1v) is 11.6. The summed E-state index contributed by atoms with van der Waals surface area (Å²) in [6, 6.07) is 7.43. The van der Waals surface area contributed by atoms with Gasteiger partial charge in [0.2, 0.25) is 5.91 Å². The molecule has 1 N–H and O–H groups in total. The molecule has 1 heterocycles. The second kappa shape index (κ2) is 9.84. The fourth-order valence-corrected chi connectivity index (χ4v) is 5.32. The first-order chi connectivity index (χ1) is 15.5. The topological polar surface area (TPSA) is 74.6 Å². The number of aryl methyl sites for hydroxylation is 1. The zero-order chi connectivity index (χ0) is 22.7. The third-order valence-corrected chi connectivity index (χ3v) is 6.81. The Labute approximate surface area is 189 Å². The summed E-state index contributed by atoms with van der Waals surface area (Å²) >= 11 is 1.51. The summed E-state index contributed by atoms with van der Waals surface area (Å²) in [5, 5.41) is 13.1. The van der Waals surface area contributed by atoms with Gasteiger partial charge in [-0.2, -0.15) is 14.0 Å². The molecule has 170 valence electrons. The number of benzene rings is 1. The number of rotatable bonds is 10. The Kier molecular flexibility index (Phi) is 6.92. The Balaban J connectivity index is 1.44. The van der Waals surface area contributed by atoms with Crippen molar-refractivity contribution in [1.82, 2.24) is 4.90 Å². The van der Waals surface area contributed by atoms with Crippen molar-refractivity contribution in [1.29, 1.82) is 5.26 Å². The Morgan fingerprint density at radius 3 is 2.84 bits per heavy atom. The largest absolute Gasteiger partial charge is 0.490 e. The van der Waals surface area contributed by atoms with E-state index in [2.05, 4.69) is 21.0 Å². The number of ether oxygens (including phenoxy) is 2. The molecule has 1 amide bonds. The van der Waals surface area contributed by atoms with Crippen molar-refractivity contribution < 1.29 is 23.0 Å². The number of alkyl halides is 2. The van der Waals surface area contributed by atoms with Gasteiger partial charge < -0.3 is 14.8 Å². The van der Waals surface area contributed by atoms with Crippen LogP contribution in [0.2, 0.25) is 0 Å². The van der Waals surface area contributed by atoms with E-state index in [0.29, 0.717) is 29.8 Å². The van der Waals surface area contributed by atoms with Crippen LogP contribution in [-0.2, 0) is 24.2 Å². The first-order valence-electron chi connectivity index (χ1n) is 10.8. The number of carbonyl (C=O) groups is 1. The highest BCUT2D eigenvalue weighted by Crippen LogP contribution is 2.39. The van der Waals surface area contributed by atoms with Crippen LogP contribution in [0.5, 0.6) is 11.5 Å². The molecule has 32 heavy (non-hydrogen) atoms. The minimum Gasteiger partial charge on any atom is -0.490 e. The Morgan fingerprint density at radius 1 is 1.34 bits per heavy atom. The quantitative estimate of drug-likeness (QED) is 0.555. The van der Waals surface area contributed by atoms with Crippen LogP contribution < -0.4 is 14.8 Å². The molecular weight excluding hydrogens is 436 g/mol. The van der Waals surface area contributed by atoms with Crippen molar-refractivity contribution in [2.45, 2.75) is 58.2 Å². The van der Waals surface area contributed by atoms with Gasteiger partial charge in [0.15, 0.2) is 11.5 Å². The molecule has 1 saturated carbocycles. The fraction of sp³-hybridized carbons (Fsp3) is 0.478. The number of amides is 1. The van der Waals surface area contributed by atoms with Crippen molar-refractivity contribution >= 4 is 22.2 Å². The Bertz CT molecular complexity index is 1030. The molecule has 0 aliphatic heterocycles. The van der Waals surface area contributed by atoms with E-state index in [9.17, 15) is 18.8 Å². The molecule has 9 heteroatoms. The van der Waals surface area contributed by atoms with Gasteiger partial charge in [-0.25, -0.2) is 0 Å². The SMILES string of the molecule is CCOc1cc(CN(CC(=O)Nc2sc3c(c2C#N)CCC3)C2CC2)ccc1OC(F)F. The summed E-state index contributed by atoms with van der Waals surface area (Å²) < 4.78 is 35.3. The molecule has 1 aromatic heterocycles. The zero-order valence-electron chi connectivity index (χ0n) is 17.8. The van der Waals surface area contributed by atoms with E-state index in [1.807, 2.05) is 0 Å². The number of nitriles is 1. The van der Waals surface area contributed by atoms with E-state index in [0.717, 1.165) is 43.2 Å². The zero-order valence-corrected chi connectivity index (χ0v) is 18.6. The maximum atomic E-state index is 12.8. The minimum atomic E-state index is -2.93. The first kappa shape index (κ1) is 22.5. The third kappa shape index (κ3) is 5.19. The van der Waals surface area contributed by atoms with Gasteiger partial charge in [0, 0.05) is 17.5 Å². The number of anilines is 1. The highest BCUT2D eigenvalue weighted by atomic mass is 32.1. The standard InChI is InChI=1S/C23H25F2N3O3S/c1-2-30-19-10-14(6-9-18(19)31-23(24)25)12-28(15-7-8-15)13-21(29)27-22-17(11-26)16-4-3-5-20(16)32-22/h6,9-10,15,23H,2-5,7-8,12-13H2,1H3,(H,27,29). The van der Waals surface area contributed by atoms with E-state index in [-0.39, 0.29) is 24.0 Å². The number of thiophene rings is 1. The highest BCUT2D eigenvalue weighted by molar-refractivity contribution is 7.16. The third-order valence-electron chi connectivity index (χ3n) is 5.61. The number of fused-ring (bicyclic) bond motifs is 1. The van der Waals surface area contributed by atoms with Crippen LogP contribution in [-0.4, -0.2) is 36.6 Å². The van der Waals surface area contributed by atoms with E-state index in [1.165, 1.54) is 22.3 Å². The molecule has 0 radical (unpaired) electrons. The van der Waals surface area contributed by atoms with Gasteiger partial charge in [0.05, 0.1) is 18.7 Å². The maximum Gasteiger partial charge on any atom is 0.387 e. The van der Waals surface area contributed by atoms with Gasteiger partial charge in [0.1, 0.15) is 11.1 Å². The van der Waals surface area contributed by atoms with E-state index in [4.69, 9.17) is 4.74 Å². The van der Waals surface area contributed by atoms with Gasteiger partial charge in [-0.15, -0.1) is 11.3 Å². The normalized spacial score (nSPS) is 15.0. The molecular formula is C23H25F2N3O3S. The molecule has 0 saturated heterocycles. The molecule has 1 fully saturated rings. The van der Waals surface area contributed by atoms with Crippen LogP contribution in [0.4, 0.5) is 13.8 Å². The molecule has 2 aromatic rings. The second-order valence-electron chi connectivity index (χ2n) is 7.95. The summed E-state index contributed by atoms with van der Waals surface area (Å²) in [6.45, 7) is -0.153. The number of halogens is 2. The summed E-state index contributed by atoms with van der Waals surface area (Å²) in [5.41, 5.74) is 2.54. The number of hydrogen-bond donors (Lipinski definition) is 1. The Hall–Kier alpha value is -2.70. The predicted octanol–water partition coefficient (Wildman–Crippen LogP) is 4.71. The van der Waals surface area contributed by atoms with E-state index < -0.39 is 6.61 Å². The van der Waals surface area contributed by atoms with Crippen LogP contribution in [0.3, 0.4) is 0 Å². The van der Waals surface area contributed by atoms with Gasteiger partial charge >= 0.3 is 6.61 Å². The lowest BCUT2D eigenvalue weighted by molar-refractivity contribution is -0.117. The summed E-state index contributed by atoms with van der Waals surface area (Å²) in [6.07, 6.45) is 4.94. The average Bonchev–Trinajstić information content (AvgIpc) is 3.41. The molecule has 2 aliphatic carbocycles. The number of nitrogens with one attached hydrogen (secondary N) is 1. The fourth-order valence-electron chi connectivity index (χ4n) is 4.06. The Morgan fingerprint density at radius 2 is 2.16 bits per heavy atom. The van der Waals surface area contributed by atoms with Crippen LogP contribution in [0, 0.1) is 11.3 Å². The summed E-state index contributed by atoms with van der Waals surface area (Å²) in [4.78, 5) is 16.1. The molecule has 0 unspecified atom stereocenters. The van der Waals surface area contributed by atoms with Crippen LogP contribution in [0.15, 0.2) is 18.2 Å². The number of nitrogens with zero attached hydrogens (tertiary/aromatic N) is 2. The molecule has 0 spiro atoms. The summed E-state index contributed by atoms with van der Waals surface area (Å²) in [5.74, 6) is 0.101. The van der Waals surface area contributed by atoms with Crippen molar-refractivity contribution in [3.8, 4) is 17.6 Å². The van der Waals surface area contributed by atoms with Crippen molar-refractivity contribution in [3.63, 3.8) is 0 Å². The molecule has 1 aromatic carbocycles. The molecule has 2 aliphatic rings. The number of hydrogen-bond acceptors (Lipinski definition) is 6. The average molecular weight is 462 g/mol. The lowest BCUT2D eigenvalue weighted by atomic mass is 10.1. The monoisotopic (exact) mass is 461 g/mol. The number of carbonyl (C=O) groups excluding carboxylic acids is 1. The molecule has 4 rings (SSSR count). The van der Waals surface area contributed by atoms with Crippen LogP contribution >= 0.6 is 11.3 Å². The smallest absolute Gasteiger partial charge is 0.387 e. The van der Waals surface area contributed by atoms with E-state index >= 15 is 0 Å². The minimum absolute atomic E-state index is 0.00362. The van der Waals surface area contributed by atoms with Crippen LogP contribution in [0.1, 0.15) is 47.8 Å². The van der Waals surface area contributed by atoms with E-state index in [1.54, 1.807) is 19.1 Å². The van der Waals surface area contributed by atoms with Gasteiger partial charge in [-0.1, -0.05) is 6.07 Å². The highest BCUT2D eigenvalue weighted by Gasteiger charge is 2.31. The molecule has 6 nitrogen and oxygen atoms in total. The summed E-state index contributed by atoms with van der Waals surface area (Å²) in [7, 11) is 0. The lowest BCUT2D eigenvalue weighted by Crippen LogP contribution is -2.34. The lowest BCUT2D eigenvalue weighted by Gasteiger charge is -2.22. The van der Waals surface area contributed by atoms with Gasteiger partial charge in [-0.05, 0) is 62.3 Å². The van der Waals surface area contributed by atoms with Crippen molar-refractivity contribution in [2.24, 2.45) is 0 Å². The van der Waals surface area contributed by atoms with Crippen molar-refractivity contribution in [3.05, 3.63) is 39.8 Å².